The SMILES string of the molecule is C=CN(c1cccc(OC)c1)c1ccccc1C=Cc1ccccc1. The van der Waals surface area contributed by atoms with Gasteiger partial charge in [0, 0.05) is 18.0 Å². The van der Waals surface area contributed by atoms with Crippen molar-refractivity contribution in [2.75, 3.05) is 12.0 Å². The Morgan fingerprint density at radius 3 is 2.36 bits per heavy atom. The number of hydrogen-bond acceptors (Lipinski definition) is 2. The van der Waals surface area contributed by atoms with Crippen LogP contribution in [0.4, 0.5) is 11.4 Å². The zero-order valence-electron chi connectivity index (χ0n) is 14.3. The number of hydrogen-bond donors (Lipinski definition) is 0. The zero-order chi connectivity index (χ0) is 17.5. The summed E-state index contributed by atoms with van der Waals surface area (Å²) >= 11 is 0. The summed E-state index contributed by atoms with van der Waals surface area (Å²) in [5.41, 5.74) is 4.37. The maximum Gasteiger partial charge on any atom is 0.120 e. The summed E-state index contributed by atoms with van der Waals surface area (Å²) in [7, 11) is 1.67. The van der Waals surface area contributed by atoms with E-state index in [2.05, 4.69) is 47.9 Å². The van der Waals surface area contributed by atoms with E-state index < -0.39 is 0 Å². The summed E-state index contributed by atoms with van der Waals surface area (Å²) in [6, 6.07) is 26.5. The van der Waals surface area contributed by atoms with Gasteiger partial charge in [-0.25, -0.2) is 0 Å². The van der Waals surface area contributed by atoms with Crippen molar-refractivity contribution in [2.45, 2.75) is 0 Å². The molecular weight excluding hydrogens is 306 g/mol. The van der Waals surface area contributed by atoms with Gasteiger partial charge in [-0.15, -0.1) is 0 Å². The molecular formula is C23H21NO. The van der Waals surface area contributed by atoms with E-state index in [0.29, 0.717) is 0 Å². The highest BCUT2D eigenvalue weighted by atomic mass is 16.5. The van der Waals surface area contributed by atoms with Gasteiger partial charge < -0.3 is 9.64 Å². The fourth-order valence-electron chi connectivity index (χ4n) is 2.70. The Morgan fingerprint density at radius 2 is 1.60 bits per heavy atom. The molecule has 0 amide bonds. The number of para-hydroxylation sites is 1. The van der Waals surface area contributed by atoms with E-state index in [1.54, 1.807) is 7.11 Å². The highest BCUT2D eigenvalue weighted by Gasteiger charge is 2.09. The van der Waals surface area contributed by atoms with Gasteiger partial charge in [0.1, 0.15) is 5.75 Å². The minimum absolute atomic E-state index is 0.821. The van der Waals surface area contributed by atoms with Crippen molar-refractivity contribution in [3.05, 3.63) is 103 Å². The van der Waals surface area contributed by atoms with Crippen molar-refractivity contribution in [1.82, 2.24) is 0 Å². The topological polar surface area (TPSA) is 12.5 Å². The molecule has 124 valence electrons. The van der Waals surface area contributed by atoms with E-state index >= 15 is 0 Å². The second kappa shape index (κ2) is 8.02. The van der Waals surface area contributed by atoms with Crippen LogP contribution in [-0.4, -0.2) is 7.11 Å². The average molecular weight is 327 g/mol. The molecule has 0 saturated heterocycles. The lowest BCUT2D eigenvalue weighted by Crippen LogP contribution is -2.09. The Kier molecular flexibility index (Phi) is 5.32. The van der Waals surface area contributed by atoms with Gasteiger partial charge in [0.15, 0.2) is 0 Å². The monoisotopic (exact) mass is 327 g/mol. The zero-order valence-corrected chi connectivity index (χ0v) is 14.3. The largest absolute Gasteiger partial charge is 0.497 e. The first-order chi connectivity index (χ1) is 12.3. The Labute approximate surface area is 149 Å². The van der Waals surface area contributed by atoms with E-state index in [4.69, 9.17) is 4.74 Å². The quantitative estimate of drug-likeness (QED) is 0.504. The van der Waals surface area contributed by atoms with Crippen LogP contribution in [0.25, 0.3) is 12.2 Å². The van der Waals surface area contributed by atoms with Gasteiger partial charge in [-0.2, -0.15) is 0 Å². The van der Waals surface area contributed by atoms with Crippen LogP contribution in [0.1, 0.15) is 11.1 Å². The average Bonchev–Trinajstić information content (AvgIpc) is 2.69. The van der Waals surface area contributed by atoms with Crippen molar-refractivity contribution in [3.63, 3.8) is 0 Å². The molecule has 0 aliphatic heterocycles. The third-order valence-electron chi connectivity index (χ3n) is 3.97. The highest BCUT2D eigenvalue weighted by Crippen LogP contribution is 2.32. The van der Waals surface area contributed by atoms with Crippen molar-refractivity contribution in [1.29, 1.82) is 0 Å². The molecule has 0 heterocycles. The molecule has 0 unspecified atom stereocenters. The summed E-state index contributed by atoms with van der Waals surface area (Å²) in [4.78, 5) is 2.06. The van der Waals surface area contributed by atoms with Gasteiger partial charge in [0.05, 0.1) is 12.8 Å². The molecule has 0 atom stereocenters. The van der Waals surface area contributed by atoms with Gasteiger partial charge in [-0.3, -0.25) is 0 Å². The predicted molar refractivity (Wildman–Crippen MR) is 107 cm³/mol. The van der Waals surface area contributed by atoms with E-state index in [1.165, 1.54) is 5.56 Å². The van der Waals surface area contributed by atoms with Gasteiger partial charge in [-0.1, -0.05) is 73.3 Å². The second-order valence-electron chi connectivity index (χ2n) is 5.56. The maximum atomic E-state index is 5.35. The Bertz CT molecular complexity index is 868. The first-order valence-corrected chi connectivity index (χ1v) is 8.20. The van der Waals surface area contributed by atoms with Crippen molar-refractivity contribution in [3.8, 4) is 5.75 Å². The number of ether oxygens (including phenoxy) is 1. The molecule has 3 rings (SSSR count). The van der Waals surface area contributed by atoms with Gasteiger partial charge in [-0.05, 0) is 29.3 Å². The Balaban J connectivity index is 1.98. The first-order valence-electron chi connectivity index (χ1n) is 8.20. The summed E-state index contributed by atoms with van der Waals surface area (Å²) in [5, 5.41) is 0. The molecule has 2 nitrogen and oxygen atoms in total. The molecule has 3 aromatic rings. The summed E-state index contributed by atoms with van der Waals surface area (Å²) in [5.74, 6) is 0.821. The van der Waals surface area contributed by atoms with Crippen LogP contribution in [-0.2, 0) is 0 Å². The maximum absolute atomic E-state index is 5.35. The second-order valence-corrected chi connectivity index (χ2v) is 5.56. The smallest absolute Gasteiger partial charge is 0.120 e. The Morgan fingerprint density at radius 1 is 0.840 bits per heavy atom. The molecule has 0 bridgehead atoms. The molecule has 0 saturated carbocycles. The van der Waals surface area contributed by atoms with Crippen LogP contribution >= 0.6 is 0 Å². The normalized spacial score (nSPS) is 10.6. The minimum atomic E-state index is 0.821. The van der Waals surface area contributed by atoms with E-state index in [-0.39, 0.29) is 0 Å². The van der Waals surface area contributed by atoms with Crippen LogP contribution < -0.4 is 9.64 Å². The molecule has 25 heavy (non-hydrogen) atoms. The molecule has 2 heteroatoms. The van der Waals surface area contributed by atoms with Crippen LogP contribution in [0, 0.1) is 0 Å². The van der Waals surface area contributed by atoms with Gasteiger partial charge in [0.25, 0.3) is 0 Å². The fourth-order valence-corrected chi connectivity index (χ4v) is 2.70. The van der Waals surface area contributed by atoms with Crippen molar-refractivity contribution >= 4 is 23.5 Å². The van der Waals surface area contributed by atoms with Crippen molar-refractivity contribution in [2.24, 2.45) is 0 Å². The van der Waals surface area contributed by atoms with Crippen LogP contribution in [0.3, 0.4) is 0 Å². The molecule has 0 aliphatic rings. The fraction of sp³-hybridized carbons (Fsp3) is 0.0435. The number of rotatable bonds is 6. The Hall–Kier alpha value is -3.26. The van der Waals surface area contributed by atoms with Crippen LogP contribution in [0.5, 0.6) is 5.75 Å². The third-order valence-corrected chi connectivity index (χ3v) is 3.97. The molecule has 0 fully saturated rings. The molecule has 0 aliphatic carbocycles. The highest BCUT2D eigenvalue weighted by molar-refractivity contribution is 5.81. The predicted octanol–water partition coefficient (Wildman–Crippen LogP) is 6.15. The lowest BCUT2D eigenvalue weighted by Gasteiger charge is -2.23. The lowest BCUT2D eigenvalue weighted by molar-refractivity contribution is 0.415. The molecule has 0 N–H and O–H groups in total. The van der Waals surface area contributed by atoms with Crippen LogP contribution in [0.15, 0.2) is 91.6 Å². The number of benzene rings is 3. The minimum Gasteiger partial charge on any atom is -0.497 e. The van der Waals surface area contributed by atoms with Gasteiger partial charge >= 0.3 is 0 Å². The summed E-state index contributed by atoms with van der Waals surface area (Å²) < 4.78 is 5.35. The molecule has 0 spiro atoms. The van der Waals surface area contributed by atoms with Crippen molar-refractivity contribution < 1.29 is 4.74 Å². The van der Waals surface area contributed by atoms with Gasteiger partial charge in [0.2, 0.25) is 0 Å². The van der Waals surface area contributed by atoms with E-state index in [0.717, 1.165) is 22.7 Å². The number of methoxy groups -OCH3 is 1. The molecule has 0 aromatic heterocycles. The van der Waals surface area contributed by atoms with E-state index in [9.17, 15) is 0 Å². The molecule has 0 radical (unpaired) electrons. The summed E-state index contributed by atoms with van der Waals surface area (Å²) in [6.45, 7) is 3.99. The lowest BCUT2D eigenvalue weighted by atomic mass is 10.1. The first kappa shape index (κ1) is 16.6. The molecule has 3 aromatic carbocycles. The number of nitrogens with zero attached hydrogens (tertiary/aromatic N) is 1. The number of anilines is 2. The van der Waals surface area contributed by atoms with E-state index in [1.807, 2.05) is 60.8 Å². The third kappa shape index (κ3) is 3.99. The van der Waals surface area contributed by atoms with Crippen LogP contribution in [0.2, 0.25) is 0 Å². The standard InChI is InChI=1S/C23H21NO/c1-3-24(21-13-9-14-22(18-21)25-2)23-15-8-7-12-20(23)17-16-19-10-5-4-6-11-19/h3-18H,1H2,2H3. The summed E-state index contributed by atoms with van der Waals surface area (Å²) in [6.07, 6.45) is 6.07.